The van der Waals surface area contributed by atoms with Gasteiger partial charge in [0.25, 0.3) is 0 Å². The van der Waals surface area contributed by atoms with E-state index in [0.717, 1.165) is 19.3 Å². The van der Waals surface area contributed by atoms with Crippen LogP contribution in [0.3, 0.4) is 0 Å². The Kier molecular flexibility index (Phi) is 5.60. The molecule has 0 radical (unpaired) electrons. The number of rotatable bonds is 6. The molecule has 0 unspecified atom stereocenters. The van der Waals surface area contributed by atoms with Gasteiger partial charge in [0.1, 0.15) is 6.04 Å². The topological polar surface area (TPSA) is 84.5 Å². The normalized spacial score (nSPS) is 30.1. The largest absolute Gasteiger partial charge is 0.465 e. The molecular weight excluding hydrogens is 380 g/mol. The second-order valence-corrected chi connectivity index (χ2v) is 9.95. The smallest absolute Gasteiger partial charge is 0.337 e. The number of hydrogen-bond acceptors (Lipinski definition) is 4. The molecule has 1 aromatic carbocycles. The molecular formula is C24H32N2O4. The molecule has 0 spiro atoms. The summed E-state index contributed by atoms with van der Waals surface area (Å²) in [7, 11) is 1.33. The third-order valence-electron chi connectivity index (χ3n) is 7.33. The average molecular weight is 413 g/mol. The van der Waals surface area contributed by atoms with Crippen LogP contribution in [0.15, 0.2) is 24.3 Å². The van der Waals surface area contributed by atoms with Crippen LogP contribution in [0.5, 0.6) is 0 Å². The first-order valence-corrected chi connectivity index (χ1v) is 11.1. The minimum absolute atomic E-state index is 0.0304. The lowest BCUT2D eigenvalue weighted by Crippen LogP contribution is -2.57. The number of carbonyl (C=O) groups excluding carboxylic acids is 3. The number of benzene rings is 1. The molecule has 0 heterocycles. The highest BCUT2D eigenvalue weighted by atomic mass is 16.5. The molecule has 4 fully saturated rings. The fraction of sp³-hybridized carbons (Fsp3) is 0.625. The van der Waals surface area contributed by atoms with Crippen LogP contribution in [-0.4, -0.2) is 30.9 Å². The van der Waals surface area contributed by atoms with Gasteiger partial charge in [-0.25, -0.2) is 4.79 Å². The number of nitrogens with one attached hydrogen (secondary N) is 2. The van der Waals surface area contributed by atoms with Crippen molar-refractivity contribution in [2.45, 2.75) is 58.4 Å². The van der Waals surface area contributed by atoms with Crippen molar-refractivity contribution in [1.82, 2.24) is 5.32 Å². The van der Waals surface area contributed by atoms with E-state index in [1.807, 2.05) is 13.8 Å². The van der Waals surface area contributed by atoms with E-state index in [1.54, 1.807) is 24.3 Å². The van der Waals surface area contributed by atoms with Gasteiger partial charge < -0.3 is 15.4 Å². The van der Waals surface area contributed by atoms with Crippen molar-refractivity contribution in [3.8, 4) is 0 Å². The van der Waals surface area contributed by atoms with Crippen LogP contribution in [-0.2, 0) is 14.3 Å². The van der Waals surface area contributed by atoms with Crippen LogP contribution in [0, 0.1) is 29.1 Å². The monoisotopic (exact) mass is 412 g/mol. The average Bonchev–Trinajstić information content (AvgIpc) is 2.70. The Morgan fingerprint density at radius 3 is 1.97 bits per heavy atom. The lowest BCUT2D eigenvalue weighted by Gasteiger charge is -2.55. The number of amides is 2. The second-order valence-electron chi connectivity index (χ2n) is 9.95. The molecule has 6 nitrogen and oxygen atoms in total. The zero-order valence-corrected chi connectivity index (χ0v) is 18.1. The van der Waals surface area contributed by atoms with Crippen LogP contribution >= 0.6 is 0 Å². The highest BCUT2D eigenvalue weighted by Crippen LogP contribution is 2.60. The molecule has 0 saturated heterocycles. The predicted molar refractivity (Wildman–Crippen MR) is 114 cm³/mol. The fourth-order valence-corrected chi connectivity index (χ4v) is 6.25. The molecule has 4 aliphatic carbocycles. The first-order valence-electron chi connectivity index (χ1n) is 11.1. The zero-order chi connectivity index (χ0) is 21.5. The number of anilines is 1. The van der Waals surface area contributed by atoms with E-state index in [9.17, 15) is 14.4 Å². The van der Waals surface area contributed by atoms with Crippen LogP contribution in [0.1, 0.15) is 62.7 Å². The summed E-state index contributed by atoms with van der Waals surface area (Å²) in [5.74, 6) is 1.43. The molecule has 2 amide bonds. The Labute approximate surface area is 178 Å². The molecule has 1 aromatic rings. The number of hydrogen-bond donors (Lipinski definition) is 2. The van der Waals surface area contributed by atoms with Crippen molar-refractivity contribution in [2.24, 2.45) is 29.1 Å². The summed E-state index contributed by atoms with van der Waals surface area (Å²) in [6.07, 6.45) is 6.78. The maximum atomic E-state index is 13.4. The van der Waals surface area contributed by atoms with Crippen LogP contribution in [0.2, 0.25) is 0 Å². The summed E-state index contributed by atoms with van der Waals surface area (Å²) in [5, 5.41) is 5.99. The van der Waals surface area contributed by atoms with E-state index in [2.05, 4.69) is 10.6 Å². The minimum Gasteiger partial charge on any atom is -0.465 e. The van der Waals surface area contributed by atoms with E-state index in [4.69, 9.17) is 4.74 Å². The molecule has 5 rings (SSSR count). The van der Waals surface area contributed by atoms with E-state index in [1.165, 1.54) is 26.4 Å². The summed E-state index contributed by atoms with van der Waals surface area (Å²) in [6.45, 7) is 3.90. The van der Waals surface area contributed by atoms with Crippen molar-refractivity contribution in [2.75, 3.05) is 12.4 Å². The molecule has 162 valence electrons. The predicted octanol–water partition coefficient (Wildman–Crippen LogP) is 3.77. The van der Waals surface area contributed by atoms with Crippen LogP contribution in [0.25, 0.3) is 0 Å². The third kappa shape index (κ3) is 3.96. The molecule has 6 heteroatoms. The second kappa shape index (κ2) is 8.05. The highest BCUT2D eigenvalue weighted by molar-refractivity contribution is 5.98. The van der Waals surface area contributed by atoms with Gasteiger partial charge in [-0.1, -0.05) is 13.8 Å². The van der Waals surface area contributed by atoms with Gasteiger partial charge in [0.2, 0.25) is 11.8 Å². The maximum absolute atomic E-state index is 13.4. The van der Waals surface area contributed by atoms with Gasteiger partial charge in [-0.05, 0) is 86.5 Å². The quantitative estimate of drug-likeness (QED) is 0.697. The number of esters is 1. The van der Waals surface area contributed by atoms with Crippen molar-refractivity contribution in [3.05, 3.63) is 29.8 Å². The molecule has 1 atom stereocenters. The maximum Gasteiger partial charge on any atom is 0.337 e. The summed E-state index contributed by atoms with van der Waals surface area (Å²) in [6, 6.07) is 5.97. The lowest BCUT2D eigenvalue weighted by atomic mass is 9.49. The van der Waals surface area contributed by atoms with Crippen molar-refractivity contribution in [3.63, 3.8) is 0 Å². The number of carbonyl (C=O) groups is 3. The van der Waals surface area contributed by atoms with E-state index >= 15 is 0 Å². The summed E-state index contributed by atoms with van der Waals surface area (Å²) < 4.78 is 4.70. The standard InChI is InChI=1S/C24H32N2O4/c1-14(2)20(21(27)25-19-6-4-18(5-7-19)22(28)30-3)26-23(29)24-11-15-8-16(12-24)10-17(9-15)13-24/h4-7,14-17,20H,8-13H2,1-3H3,(H,25,27)(H,26,29)/t15?,16?,17?,20-,24?/m1/s1. The number of methoxy groups -OCH3 is 1. The van der Waals surface area contributed by atoms with Crippen LogP contribution in [0.4, 0.5) is 5.69 Å². The van der Waals surface area contributed by atoms with E-state index in [0.29, 0.717) is 29.0 Å². The molecule has 0 aliphatic heterocycles. The van der Waals surface area contributed by atoms with Crippen molar-refractivity contribution < 1.29 is 19.1 Å². The minimum atomic E-state index is -0.592. The fourth-order valence-electron chi connectivity index (χ4n) is 6.25. The first-order chi connectivity index (χ1) is 14.3. The van der Waals surface area contributed by atoms with Gasteiger partial charge in [0.05, 0.1) is 12.7 Å². The Morgan fingerprint density at radius 2 is 1.50 bits per heavy atom. The van der Waals surface area contributed by atoms with Gasteiger partial charge in [-0.15, -0.1) is 0 Å². The molecule has 4 saturated carbocycles. The summed E-state index contributed by atoms with van der Waals surface area (Å²) >= 11 is 0. The van der Waals surface area contributed by atoms with Crippen molar-refractivity contribution in [1.29, 1.82) is 0 Å². The SMILES string of the molecule is COC(=O)c1ccc(NC(=O)[C@H](NC(=O)C23CC4CC(CC(C4)C2)C3)C(C)C)cc1. The lowest BCUT2D eigenvalue weighted by molar-refractivity contribution is -0.148. The van der Waals surface area contributed by atoms with Gasteiger partial charge in [-0.3, -0.25) is 9.59 Å². The van der Waals surface area contributed by atoms with Gasteiger partial charge >= 0.3 is 5.97 Å². The zero-order valence-electron chi connectivity index (χ0n) is 18.1. The Hall–Kier alpha value is -2.37. The molecule has 0 aromatic heterocycles. The van der Waals surface area contributed by atoms with E-state index < -0.39 is 12.0 Å². The molecule has 4 bridgehead atoms. The summed E-state index contributed by atoms with van der Waals surface area (Å²) in [4.78, 5) is 37.9. The van der Waals surface area contributed by atoms with Crippen LogP contribution < -0.4 is 10.6 Å². The Morgan fingerprint density at radius 1 is 0.967 bits per heavy atom. The molecule has 4 aliphatic rings. The number of ether oxygens (including phenoxy) is 1. The van der Waals surface area contributed by atoms with Gasteiger partial charge in [-0.2, -0.15) is 0 Å². The summed E-state index contributed by atoms with van der Waals surface area (Å²) in [5.41, 5.74) is 0.734. The Balaban J connectivity index is 1.43. The molecule has 30 heavy (non-hydrogen) atoms. The third-order valence-corrected chi connectivity index (χ3v) is 7.33. The van der Waals surface area contributed by atoms with Gasteiger partial charge in [0, 0.05) is 11.1 Å². The first kappa shape index (κ1) is 20.9. The van der Waals surface area contributed by atoms with Crippen molar-refractivity contribution >= 4 is 23.5 Å². The van der Waals surface area contributed by atoms with E-state index in [-0.39, 0.29) is 23.1 Å². The molecule has 2 N–H and O–H groups in total. The Bertz CT molecular complexity index is 795. The van der Waals surface area contributed by atoms with Gasteiger partial charge in [0.15, 0.2) is 0 Å². The highest BCUT2D eigenvalue weighted by Gasteiger charge is 2.55.